The van der Waals surface area contributed by atoms with Crippen LogP contribution in [0.5, 0.6) is 0 Å². The molecule has 0 aromatic carbocycles. The van der Waals surface area contributed by atoms with Crippen molar-refractivity contribution in [3.05, 3.63) is 6.92 Å². The van der Waals surface area contributed by atoms with E-state index < -0.39 is 54.1 Å². The summed E-state index contributed by atoms with van der Waals surface area (Å²) >= 11 is 0. The van der Waals surface area contributed by atoms with Crippen molar-refractivity contribution in [3.63, 3.8) is 0 Å². The summed E-state index contributed by atoms with van der Waals surface area (Å²) in [7, 11) is 0. The maximum atomic E-state index is 13.0. The first-order valence-corrected chi connectivity index (χ1v) is 5.82. The van der Waals surface area contributed by atoms with E-state index in [-0.39, 0.29) is 18.9 Å². The number of halogens is 17. The quantitative estimate of drug-likeness (QED) is 0.315. The molecule has 0 amide bonds. The van der Waals surface area contributed by atoms with Crippen LogP contribution in [0.3, 0.4) is 0 Å². The van der Waals surface area contributed by atoms with E-state index >= 15 is 0 Å². The SMILES string of the molecule is [CH2-]CC(F)(F)C(F)(F)C(F)(F)C(F)(F)C(F)(F)C(F)(F)C(F)(F)C(F)(F)F.[Li+]. The van der Waals surface area contributed by atoms with Crippen molar-refractivity contribution < 1.29 is 93.5 Å². The molecule has 164 valence electrons. The zero-order valence-electron chi connectivity index (χ0n) is 12.8. The van der Waals surface area contributed by atoms with E-state index in [4.69, 9.17) is 0 Å². The van der Waals surface area contributed by atoms with E-state index in [0.29, 0.717) is 0 Å². The fourth-order valence-corrected chi connectivity index (χ4v) is 1.35. The summed E-state index contributed by atoms with van der Waals surface area (Å²) in [5.41, 5.74) is 0. The molecule has 28 heavy (non-hydrogen) atoms. The van der Waals surface area contributed by atoms with Gasteiger partial charge in [-0.05, 0) is 0 Å². The van der Waals surface area contributed by atoms with Gasteiger partial charge in [0, 0.05) is 0 Å². The molecule has 0 aliphatic heterocycles. The van der Waals surface area contributed by atoms with Gasteiger partial charge in [0.1, 0.15) is 0 Å². The van der Waals surface area contributed by atoms with Crippen LogP contribution in [0.2, 0.25) is 0 Å². The molecule has 0 saturated heterocycles. The summed E-state index contributed by atoms with van der Waals surface area (Å²) in [6.07, 6.45) is -10.4. The van der Waals surface area contributed by atoms with Gasteiger partial charge in [0.2, 0.25) is 0 Å². The Morgan fingerprint density at radius 2 is 0.607 bits per heavy atom. The monoisotopic (exact) mass is 454 g/mol. The Balaban J connectivity index is 0. The van der Waals surface area contributed by atoms with Crippen molar-refractivity contribution in [3.8, 4) is 0 Å². The summed E-state index contributed by atoms with van der Waals surface area (Å²) < 4.78 is 215. The molecule has 0 spiro atoms. The van der Waals surface area contributed by atoms with Gasteiger partial charge in [-0.1, -0.05) is 0 Å². The summed E-state index contributed by atoms with van der Waals surface area (Å²) in [4.78, 5) is 0. The number of rotatable bonds is 7. The Morgan fingerprint density at radius 1 is 0.393 bits per heavy atom. The smallest absolute Gasteiger partial charge is 0.337 e. The molecule has 0 aromatic heterocycles. The molecule has 0 aliphatic rings. The molecule has 0 heterocycles. The summed E-state index contributed by atoms with van der Waals surface area (Å²) in [6, 6.07) is 0. The van der Waals surface area contributed by atoms with Gasteiger partial charge in [-0.25, -0.2) is 8.78 Å². The van der Waals surface area contributed by atoms with Crippen LogP contribution in [-0.2, 0) is 0 Å². The second-order valence-corrected chi connectivity index (χ2v) is 4.90. The van der Waals surface area contributed by atoms with Crippen LogP contribution < -0.4 is 18.9 Å². The Labute approximate surface area is 155 Å². The molecular weight excluding hydrogens is 450 g/mol. The number of hydrogen-bond acceptors (Lipinski definition) is 0. The molecule has 0 nitrogen and oxygen atoms in total. The van der Waals surface area contributed by atoms with E-state index in [9.17, 15) is 74.6 Å². The number of hydrogen-bond donors (Lipinski definition) is 0. The van der Waals surface area contributed by atoms with E-state index in [1.54, 1.807) is 0 Å². The average molecular weight is 454 g/mol. The summed E-state index contributed by atoms with van der Waals surface area (Å²) in [6.45, 7) is 1.89. The standard InChI is InChI=1S/C10H4F17.Li/c1-2-3(11,12)4(13,14)5(15,16)6(17,18)7(19,20)8(21,22)9(23,24)10(25,26)27;/h1-2H2;/q-1;+1. The van der Waals surface area contributed by atoms with Crippen molar-refractivity contribution in [2.45, 2.75) is 54.1 Å². The summed E-state index contributed by atoms with van der Waals surface area (Å²) in [5, 5.41) is 0. The first kappa shape index (κ1) is 29.6. The van der Waals surface area contributed by atoms with Crippen LogP contribution in [-0.4, -0.2) is 47.6 Å². The van der Waals surface area contributed by atoms with Crippen molar-refractivity contribution in [1.82, 2.24) is 0 Å². The first-order chi connectivity index (χ1) is 11.3. The van der Waals surface area contributed by atoms with E-state index in [0.717, 1.165) is 0 Å². The maximum Gasteiger partial charge on any atom is 1.00 e. The topological polar surface area (TPSA) is 0 Å². The minimum atomic E-state index is -8.58. The zero-order valence-corrected chi connectivity index (χ0v) is 12.8. The summed E-state index contributed by atoms with van der Waals surface area (Å²) in [5.74, 6) is -55.9. The van der Waals surface area contributed by atoms with Crippen molar-refractivity contribution in [2.24, 2.45) is 0 Å². The van der Waals surface area contributed by atoms with Crippen molar-refractivity contribution in [2.75, 3.05) is 0 Å². The predicted octanol–water partition coefficient (Wildman–Crippen LogP) is 3.22. The minimum Gasteiger partial charge on any atom is -0.337 e. The second-order valence-electron chi connectivity index (χ2n) is 4.90. The normalized spacial score (nSPS) is 16.1. The number of alkyl halides is 17. The molecule has 0 saturated carbocycles. The first-order valence-electron chi connectivity index (χ1n) is 5.82. The maximum absolute atomic E-state index is 13.0. The fraction of sp³-hybridized carbons (Fsp3) is 0.900. The molecule has 18 heteroatoms. The molecule has 0 aliphatic carbocycles. The Hall–Kier alpha value is -0.593. The van der Waals surface area contributed by atoms with Gasteiger partial charge >= 0.3 is 60.6 Å². The van der Waals surface area contributed by atoms with Gasteiger partial charge in [0.05, 0.1) is 0 Å². The molecule has 0 unspecified atom stereocenters. The average Bonchev–Trinajstić information content (AvgIpc) is 2.44. The molecule has 0 radical (unpaired) electrons. The van der Waals surface area contributed by atoms with Crippen LogP contribution in [0.1, 0.15) is 6.42 Å². The van der Waals surface area contributed by atoms with Gasteiger partial charge < -0.3 is 6.92 Å². The van der Waals surface area contributed by atoms with Crippen molar-refractivity contribution >= 4 is 0 Å². The van der Waals surface area contributed by atoms with Gasteiger partial charge in [-0.15, -0.1) is 6.42 Å². The van der Waals surface area contributed by atoms with Gasteiger partial charge in [0.15, 0.2) is 0 Å². The van der Waals surface area contributed by atoms with Crippen LogP contribution >= 0.6 is 0 Å². The van der Waals surface area contributed by atoms with Crippen LogP contribution in [0.15, 0.2) is 0 Å². The molecule has 0 aromatic rings. The third kappa shape index (κ3) is 3.54. The molecular formula is C10H4F17Li. The van der Waals surface area contributed by atoms with Crippen LogP contribution in [0.25, 0.3) is 0 Å². The van der Waals surface area contributed by atoms with Crippen molar-refractivity contribution in [1.29, 1.82) is 0 Å². The molecule has 0 fully saturated rings. The molecule has 0 atom stereocenters. The van der Waals surface area contributed by atoms with Crippen LogP contribution in [0.4, 0.5) is 74.6 Å². The molecule has 0 rings (SSSR count). The zero-order chi connectivity index (χ0) is 22.7. The Kier molecular flexibility index (Phi) is 7.69. The van der Waals surface area contributed by atoms with E-state index in [1.165, 1.54) is 0 Å². The Morgan fingerprint density at radius 3 is 0.821 bits per heavy atom. The van der Waals surface area contributed by atoms with Gasteiger partial charge in [0.25, 0.3) is 5.92 Å². The van der Waals surface area contributed by atoms with Crippen LogP contribution in [0, 0.1) is 6.92 Å². The largest absolute Gasteiger partial charge is 1.00 e. The van der Waals surface area contributed by atoms with Gasteiger partial charge in [-0.3, -0.25) is 0 Å². The Bertz CT molecular complexity index is 545. The fourth-order valence-electron chi connectivity index (χ4n) is 1.35. The van der Waals surface area contributed by atoms with E-state index in [1.807, 2.05) is 6.92 Å². The molecule has 0 N–H and O–H groups in total. The third-order valence-electron chi connectivity index (χ3n) is 3.10. The minimum absolute atomic E-state index is 0. The molecule has 0 bridgehead atoms. The third-order valence-corrected chi connectivity index (χ3v) is 3.10. The van der Waals surface area contributed by atoms with E-state index in [2.05, 4.69) is 0 Å². The van der Waals surface area contributed by atoms with Gasteiger partial charge in [-0.2, -0.15) is 65.9 Å². The predicted molar refractivity (Wildman–Crippen MR) is 50.7 cm³/mol. The second kappa shape index (κ2) is 7.27.